The van der Waals surface area contributed by atoms with Crippen molar-refractivity contribution in [3.63, 3.8) is 0 Å². The second kappa shape index (κ2) is 10.6. The third-order valence-corrected chi connectivity index (χ3v) is 7.88. The molecule has 11 nitrogen and oxygen atoms in total. The van der Waals surface area contributed by atoms with Crippen LogP contribution in [0.4, 0.5) is 20.6 Å². The average molecular weight is 577 g/mol. The highest BCUT2D eigenvalue weighted by Gasteiger charge is 2.33. The van der Waals surface area contributed by atoms with Crippen LogP contribution in [0.25, 0.3) is 16.6 Å². The van der Waals surface area contributed by atoms with E-state index < -0.39 is 11.4 Å². The lowest BCUT2D eigenvalue weighted by atomic mass is 10.1. The van der Waals surface area contributed by atoms with Crippen LogP contribution in [-0.4, -0.2) is 91.9 Å². The molecule has 0 radical (unpaired) electrons. The molecule has 1 N–H and O–H groups in total. The summed E-state index contributed by atoms with van der Waals surface area (Å²) in [6.07, 6.45) is 6.06. The molecule has 0 unspecified atom stereocenters. The molecule has 2 amide bonds. The van der Waals surface area contributed by atoms with Crippen molar-refractivity contribution in [3.05, 3.63) is 53.9 Å². The number of aromatic nitrogens is 4. The Labute approximate surface area is 243 Å². The summed E-state index contributed by atoms with van der Waals surface area (Å²) in [5.41, 5.74) is 2.80. The molecule has 222 valence electrons. The number of hydrogen-bond acceptors (Lipinski definition) is 7. The zero-order chi connectivity index (χ0) is 29.8. The molecule has 2 aliphatic heterocycles. The molecular formula is C30H37FN8O3. The highest BCUT2D eigenvalue weighted by atomic mass is 19.1. The van der Waals surface area contributed by atoms with Gasteiger partial charge in [-0.2, -0.15) is 5.10 Å². The number of rotatable bonds is 4. The van der Waals surface area contributed by atoms with Gasteiger partial charge in [0.1, 0.15) is 11.1 Å². The molecule has 2 aliphatic rings. The second-order valence-corrected chi connectivity index (χ2v) is 12.2. The third-order valence-electron chi connectivity index (χ3n) is 7.88. The van der Waals surface area contributed by atoms with Gasteiger partial charge in [-0.3, -0.25) is 14.4 Å². The van der Waals surface area contributed by atoms with E-state index in [1.165, 1.54) is 6.07 Å². The molecule has 6 rings (SSSR count). The molecule has 0 spiro atoms. The Bertz CT molecular complexity index is 1660. The van der Waals surface area contributed by atoms with E-state index in [0.717, 1.165) is 43.7 Å². The lowest BCUT2D eigenvalue weighted by molar-refractivity contribution is 0.0112. The first-order valence-electron chi connectivity index (χ1n) is 14.3. The first-order chi connectivity index (χ1) is 19.9. The molecule has 0 aliphatic carbocycles. The average Bonchev–Trinajstić information content (AvgIpc) is 3.65. The van der Waals surface area contributed by atoms with Gasteiger partial charge in [0, 0.05) is 88.1 Å². The van der Waals surface area contributed by atoms with Crippen LogP contribution >= 0.6 is 0 Å². The van der Waals surface area contributed by atoms with Gasteiger partial charge in [-0.05, 0) is 46.2 Å². The number of carbonyl (C=O) groups is 2. The topological polar surface area (TPSA) is 100 Å². The van der Waals surface area contributed by atoms with E-state index in [2.05, 4.69) is 25.2 Å². The van der Waals surface area contributed by atoms with Crippen molar-refractivity contribution >= 4 is 39.9 Å². The van der Waals surface area contributed by atoms with Crippen molar-refractivity contribution < 1.29 is 18.7 Å². The van der Waals surface area contributed by atoms with E-state index in [0.29, 0.717) is 41.6 Å². The van der Waals surface area contributed by atoms with Crippen LogP contribution in [0, 0.1) is 12.7 Å². The quantitative estimate of drug-likeness (QED) is 0.391. The number of benzene rings is 1. The molecule has 0 bridgehead atoms. The number of nitrogens with zero attached hydrogens (tertiary/aromatic N) is 7. The Morgan fingerprint density at radius 3 is 2.57 bits per heavy atom. The fourth-order valence-corrected chi connectivity index (χ4v) is 5.97. The summed E-state index contributed by atoms with van der Waals surface area (Å²) in [7, 11) is 1.84. The van der Waals surface area contributed by atoms with Gasteiger partial charge in [-0.15, -0.1) is 0 Å². The Morgan fingerprint density at radius 1 is 1.07 bits per heavy atom. The second-order valence-electron chi connectivity index (χ2n) is 12.2. The summed E-state index contributed by atoms with van der Waals surface area (Å²) in [5, 5.41) is 8.34. The van der Waals surface area contributed by atoms with Crippen LogP contribution in [-0.2, 0) is 11.8 Å². The number of ether oxygens (including phenoxy) is 1. The maximum atomic E-state index is 14.6. The number of pyridine rings is 1. The smallest absolute Gasteiger partial charge is 0.410 e. The Hall–Kier alpha value is -4.19. The highest BCUT2D eigenvalue weighted by Crippen LogP contribution is 2.33. The molecule has 0 saturated carbocycles. The number of hydrogen-bond donors (Lipinski definition) is 1. The number of piperazine rings is 1. The van der Waals surface area contributed by atoms with Crippen LogP contribution in [0.2, 0.25) is 0 Å². The van der Waals surface area contributed by atoms with Crippen molar-refractivity contribution in [2.45, 2.75) is 45.8 Å². The van der Waals surface area contributed by atoms with Crippen molar-refractivity contribution in [2.24, 2.45) is 7.05 Å². The van der Waals surface area contributed by atoms with Gasteiger partial charge < -0.3 is 24.3 Å². The summed E-state index contributed by atoms with van der Waals surface area (Å²) in [5.74, 6) is -0.864. The normalized spacial score (nSPS) is 18.3. The van der Waals surface area contributed by atoms with Gasteiger partial charge in [0.2, 0.25) is 0 Å². The standard InChI is InChI=1S/C30H37FN8O3/c1-19-15-39-16-20(14-24(31)27(39)32-19)33-28(40)22-6-7-25(23-18-35(5)34-26(22)23)38-9-8-21(17-38)36-10-12-37(13-11-36)29(41)42-30(2,3)4/h6-7,14-16,18,21H,8-13,17H2,1-5H3,(H,33,40)/t21-/m1/s1. The number of halogens is 1. The number of nitrogens with one attached hydrogen (secondary N) is 1. The summed E-state index contributed by atoms with van der Waals surface area (Å²) in [4.78, 5) is 36.6. The van der Waals surface area contributed by atoms with E-state index in [-0.39, 0.29) is 17.6 Å². The summed E-state index contributed by atoms with van der Waals surface area (Å²) in [6.45, 7) is 12.1. The van der Waals surface area contributed by atoms with Crippen LogP contribution < -0.4 is 10.2 Å². The van der Waals surface area contributed by atoms with Crippen LogP contribution in [0.1, 0.15) is 43.2 Å². The van der Waals surface area contributed by atoms with E-state index in [4.69, 9.17) is 4.74 Å². The number of imidazole rings is 1. The van der Waals surface area contributed by atoms with Crippen LogP contribution in [0.3, 0.4) is 0 Å². The van der Waals surface area contributed by atoms with Crippen molar-refractivity contribution in [3.8, 4) is 0 Å². The van der Waals surface area contributed by atoms with Crippen molar-refractivity contribution in [1.29, 1.82) is 0 Å². The van der Waals surface area contributed by atoms with Crippen molar-refractivity contribution in [1.82, 2.24) is 29.0 Å². The predicted octanol–water partition coefficient (Wildman–Crippen LogP) is 4.05. The lowest BCUT2D eigenvalue weighted by Crippen LogP contribution is -2.53. The third kappa shape index (κ3) is 5.50. The maximum absolute atomic E-state index is 14.6. The molecule has 1 atom stereocenters. The Balaban J connectivity index is 1.15. The number of amides is 2. The maximum Gasteiger partial charge on any atom is 0.410 e. The first kappa shape index (κ1) is 28.0. The van der Waals surface area contributed by atoms with Crippen LogP contribution in [0.15, 0.2) is 36.8 Å². The Morgan fingerprint density at radius 2 is 1.83 bits per heavy atom. The first-order valence-corrected chi connectivity index (χ1v) is 14.3. The highest BCUT2D eigenvalue weighted by molar-refractivity contribution is 6.13. The van der Waals surface area contributed by atoms with E-state index in [1.54, 1.807) is 39.4 Å². The van der Waals surface area contributed by atoms with Gasteiger partial charge in [0.25, 0.3) is 5.91 Å². The minimum atomic E-state index is -0.505. The summed E-state index contributed by atoms with van der Waals surface area (Å²) in [6, 6.07) is 5.42. The lowest BCUT2D eigenvalue weighted by Gasteiger charge is -2.38. The minimum absolute atomic E-state index is 0.218. The van der Waals surface area contributed by atoms with Gasteiger partial charge in [-0.1, -0.05) is 0 Å². The zero-order valence-corrected chi connectivity index (χ0v) is 24.7. The number of fused-ring (bicyclic) bond motifs is 2. The van der Waals surface area contributed by atoms with E-state index in [1.807, 2.05) is 40.1 Å². The molecule has 4 aromatic rings. The van der Waals surface area contributed by atoms with Gasteiger partial charge in [0.15, 0.2) is 11.5 Å². The van der Waals surface area contributed by atoms with E-state index >= 15 is 0 Å². The molecule has 5 heterocycles. The van der Waals surface area contributed by atoms with Crippen LogP contribution in [0.5, 0.6) is 0 Å². The molecule has 2 saturated heterocycles. The van der Waals surface area contributed by atoms with Gasteiger partial charge >= 0.3 is 6.09 Å². The summed E-state index contributed by atoms with van der Waals surface area (Å²) >= 11 is 0. The number of carbonyl (C=O) groups excluding carboxylic acids is 2. The fourth-order valence-electron chi connectivity index (χ4n) is 5.97. The molecular weight excluding hydrogens is 539 g/mol. The summed E-state index contributed by atoms with van der Waals surface area (Å²) < 4.78 is 23.4. The van der Waals surface area contributed by atoms with Gasteiger partial charge in [0.05, 0.1) is 16.9 Å². The molecule has 2 fully saturated rings. The molecule has 1 aromatic carbocycles. The predicted molar refractivity (Wildman–Crippen MR) is 159 cm³/mol. The number of aryl methyl sites for hydroxylation is 2. The zero-order valence-electron chi connectivity index (χ0n) is 24.7. The number of anilines is 2. The van der Waals surface area contributed by atoms with Crippen molar-refractivity contribution in [2.75, 3.05) is 49.5 Å². The minimum Gasteiger partial charge on any atom is -0.444 e. The molecule has 3 aromatic heterocycles. The fraction of sp³-hybridized carbons (Fsp3) is 0.467. The Kier molecular flexibility index (Phi) is 7.04. The monoisotopic (exact) mass is 576 g/mol. The molecule has 42 heavy (non-hydrogen) atoms. The van der Waals surface area contributed by atoms with E-state index in [9.17, 15) is 14.0 Å². The molecule has 12 heteroatoms. The largest absolute Gasteiger partial charge is 0.444 e. The van der Waals surface area contributed by atoms with Gasteiger partial charge in [-0.25, -0.2) is 14.2 Å². The SMILES string of the molecule is Cc1cn2cc(NC(=O)c3ccc(N4CC[C@@H](N5CCN(C(=O)OC(C)(C)C)CC5)C4)c4cn(C)nc34)cc(F)c2n1.